The summed E-state index contributed by atoms with van der Waals surface area (Å²) in [5.74, 6) is 0.855. The van der Waals surface area contributed by atoms with Crippen molar-refractivity contribution in [1.29, 1.82) is 0 Å². The Balaban J connectivity index is 2.11. The van der Waals surface area contributed by atoms with E-state index in [0.29, 0.717) is 5.02 Å². The second-order valence-electron chi connectivity index (χ2n) is 4.55. The van der Waals surface area contributed by atoms with Gasteiger partial charge in [0.2, 0.25) is 0 Å². The second-order valence-corrected chi connectivity index (χ2v) is 5.78. The Bertz CT molecular complexity index is 720. The third-order valence-electron chi connectivity index (χ3n) is 3.31. The third kappa shape index (κ3) is 2.37. The molecule has 1 aromatic heterocycles. The van der Waals surface area contributed by atoms with Crippen LogP contribution in [0.4, 0.5) is 0 Å². The van der Waals surface area contributed by atoms with Gasteiger partial charge in [0.1, 0.15) is 11.3 Å². The molecule has 3 rings (SSSR count). The van der Waals surface area contributed by atoms with Gasteiger partial charge in [-0.3, -0.25) is 0 Å². The first-order valence-electron chi connectivity index (χ1n) is 6.30. The number of benzene rings is 2. The number of fused-ring (bicyclic) bond motifs is 1. The van der Waals surface area contributed by atoms with Gasteiger partial charge in [0, 0.05) is 9.86 Å². The van der Waals surface area contributed by atoms with Crippen molar-refractivity contribution in [2.45, 2.75) is 6.04 Å². The maximum absolute atomic E-state index is 6.39. The Labute approximate surface area is 130 Å². The van der Waals surface area contributed by atoms with Crippen LogP contribution in [-0.4, -0.2) is 7.05 Å². The third-order valence-corrected chi connectivity index (χ3v) is 4.62. The molecule has 0 aliphatic rings. The molecule has 0 spiro atoms. The molecule has 0 amide bonds. The molecule has 2 aromatic carbocycles. The van der Waals surface area contributed by atoms with Crippen LogP contribution in [0.1, 0.15) is 17.4 Å². The summed E-state index contributed by atoms with van der Waals surface area (Å²) in [6.07, 6.45) is 0. The predicted octanol–water partition coefficient (Wildman–Crippen LogP) is 5.16. The summed E-state index contributed by atoms with van der Waals surface area (Å²) in [4.78, 5) is 0. The molecule has 102 valence electrons. The average molecular weight is 351 g/mol. The second kappa shape index (κ2) is 5.60. The van der Waals surface area contributed by atoms with E-state index in [4.69, 9.17) is 16.0 Å². The predicted molar refractivity (Wildman–Crippen MR) is 86.3 cm³/mol. The van der Waals surface area contributed by atoms with E-state index in [9.17, 15) is 0 Å². The summed E-state index contributed by atoms with van der Waals surface area (Å²) in [5, 5.41) is 5.06. The van der Waals surface area contributed by atoms with Crippen LogP contribution in [0.2, 0.25) is 5.02 Å². The molecule has 0 bridgehead atoms. The molecule has 0 saturated heterocycles. The van der Waals surface area contributed by atoms with Crippen molar-refractivity contribution in [2.75, 3.05) is 7.05 Å². The fourth-order valence-electron chi connectivity index (χ4n) is 2.34. The van der Waals surface area contributed by atoms with Crippen LogP contribution in [0, 0.1) is 0 Å². The molecule has 4 heteroatoms. The van der Waals surface area contributed by atoms with Crippen LogP contribution in [0.3, 0.4) is 0 Å². The van der Waals surface area contributed by atoms with Gasteiger partial charge in [0.05, 0.1) is 11.1 Å². The lowest BCUT2D eigenvalue weighted by atomic mass is 10.0. The van der Waals surface area contributed by atoms with Crippen LogP contribution in [-0.2, 0) is 0 Å². The Hall–Kier alpha value is -1.29. The fraction of sp³-hybridized carbons (Fsp3) is 0.125. The van der Waals surface area contributed by atoms with Crippen molar-refractivity contribution in [1.82, 2.24) is 5.32 Å². The molecule has 2 nitrogen and oxygen atoms in total. The number of para-hydroxylation sites is 1. The first-order chi connectivity index (χ1) is 9.70. The Morgan fingerprint density at radius 3 is 2.70 bits per heavy atom. The lowest BCUT2D eigenvalue weighted by molar-refractivity contribution is 0.491. The van der Waals surface area contributed by atoms with Crippen molar-refractivity contribution >= 4 is 38.5 Å². The van der Waals surface area contributed by atoms with Crippen molar-refractivity contribution in [2.24, 2.45) is 0 Å². The van der Waals surface area contributed by atoms with Gasteiger partial charge in [-0.1, -0.05) is 41.9 Å². The normalized spacial score (nSPS) is 12.8. The molecule has 0 aliphatic heterocycles. The van der Waals surface area contributed by atoms with E-state index in [1.807, 2.05) is 55.6 Å². The maximum atomic E-state index is 6.39. The van der Waals surface area contributed by atoms with Gasteiger partial charge in [-0.25, -0.2) is 0 Å². The highest BCUT2D eigenvalue weighted by Gasteiger charge is 2.20. The molecule has 0 radical (unpaired) electrons. The zero-order chi connectivity index (χ0) is 14.1. The maximum Gasteiger partial charge on any atom is 0.134 e. The number of hydrogen-bond acceptors (Lipinski definition) is 2. The molecule has 0 aliphatic carbocycles. The minimum Gasteiger partial charge on any atom is -0.459 e. The lowest BCUT2D eigenvalue weighted by Crippen LogP contribution is -2.17. The zero-order valence-electron chi connectivity index (χ0n) is 10.9. The SMILES string of the molecule is CNC(c1cc2ccccc2o1)c1cccc(Br)c1Cl. The largest absolute Gasteiger partial charge is 0.459 e. The Morgan fingerprint density at radius 2 is 1.95 bits per heavy atom. The summed E-state index contributed by atoms with van der Waals surface area (Å²) in [5.41, 5.74) is 1.87. The summed E-state index contributed by atoms with van der Waals surface area (Å²) in [6.45, 7) is 0. The van der Waals surface area contributed by atoms with Crippen molar-refractivity contribution < 1.29 is 4.42 Å². The minimum atomic E-state index is -0.0765. The quantitative estimate of drug-likeness (QED) is 0.706. The summed E-state index contributed by atoms with van der Waals surface area (Å²) in [6, 6.07) is 15.8. The van der Waals surface area contributed by atoms with E-state index in [1.165, 1.54) is 0 Å². The van der Waals surface area contributed by atoms with Gasteiger partial charge in [-0.05, 0) is 46.7 Å². The topological polar surface area (TPSA) is 25.2 Å². The van der Waals surface area contributed by atoms with E-state index < -0.39 is 0 Å². The zero-order valence-corrected chi connectivity index (χ0v) is 13.2. The van der Waals surface area contributed by atoms with E-state index in [0.717, 1.165) is 26.8 Å². The van der Waals surface area contributed by atoms with Gasteiger partial charge in [-0.15, -0.1) is 0 Å². The van der Waals surface area contributed by atoms with Crippen LogP contribution >= 0.6 is 27.5 Å². The molecular formula is C16H13BrClNO. The molecular weight excluding hydrogens is 338 g/mol. The lowest BCUT2D eigenvalue weighted by Gasteiger charge is -2.16. The van der Waals surface area contributed by atoms with Crippen LogP contribution in [0.5, 0.6) is 0 Å². The van der Waals surface area contributed by atoms with Gasteiger partial charge in [0.15, 0.2) is 0 Å². The smallest absolute Gasteiger partial charge is 0.134 e. The standard InChI is InChI=1S/C16H13BrClNO/c1-19-16(11-6-4-7-12(17)15(11)18)14-9-10-5-2-3-8-13(10)20-14/h2-9,16,19H,1H3. The average Bonchev–Trinajstić information content (AvgIpc) is 2.87. The number of furan rings is 1. The van der Waals surface area contributed by atoms with E-state index in [2.05, 4.69) is 21.2 Å². The van der Waals surface area contributed by atoms with Gasteiger partial charge in [-0.2, -0.15) is 0 Å². The van der Waals surface area contributed by atoms with Crippen LogP contribution in [0.25, 0.3) is 11.0 Å². The summed E-state index contributed by atoms with van der Waals surface area (Å²) >= 11 is 9.85. The van der Waals surface area contributed by atoms with E-state index >= 15 is 0 Å². The Morgan fingerprint density at radius 1 is 1.15 bits per heavy atom. The molecule has 1 heterocycles. The minimum absolute atomic E-state index is 0.0765. The fourth-order valence-corrected chi connectivity index (χ4v) is 2.96. The van der Waals surface area contributed by atoms with Gasteiger partial charge in [0.25, 0.3) is 0 Å². The number of halogens is 2. The van der Waals surface area contributed by atoms with Gasteiger partial charge >= 0.3 is 0 Å². The molecule has 0 fully saturated rings. The van der Waals surface area contributed by atoms with Crippen LogP contribution in [0.15, 0.2) is 57.4 Å². The molecule has 1 N–H and O–H groups in total. The molecule has 3 aromatic rings. The molecule has 20 heavy (non-hydrogen) atoms. The van der Waals surface area contributed by atoms with Crippen molar-refractivity contribution in [3.63, 3.8) is 0 Å². The highest BCUT2D eigenvalue weighted by Crippen LogP contribution is 2.35. The summed E-state index contributed by atoms with van der Waals surface area (Å²) in [7, 11) is 1.90. The number of hydrogen-bond donors (Lipinski definition) is 1. The molecule has 1 atom stereocenters. The number of rotatable bonds is 3. The molecule has 0 saturated carbocycles. The Kier molecular flexibility index (Phi) is 3.83. The first-order valence-corrected chi connectivity index (χ1v) is 7.47. The number of nitrogens with one attached hydrogen (secondary N) is 1. The van der Waals surface area contributed by atoms with Crippen molar-refractivity contribution in [3.05, 3.63) is 69.3 Å². The molecule has 1 unspecified atom stereocenters. The summed E-state index contributed by atoms with van der Waals surface area (Å²) < 4.78 is 6.82. The highest BCUT2D eigenvalue weighted by molar-refractivity contribution is 9.10. The van der Waals surface area contributed by atoms with E-state index in [-0.39, 0.29) is 6.04 Å². The van der Waals surface area contributed by atoms with Gasteiger partial charge < -0.3 is 9.73 Å². The highest BCUT2D eigenvalue weighted by atomic mass is 79.9. The monoisotopic (exact) mass is 349 g/mol. The first kappa shape index (κ1) is 13.7. The van der Waals surface area contributed by atoms with Crippen LogP contribution < -0.4 is 5.32 Å². The van der Waals surface area contributed by atoms with E-state index in [1.54, 1.807) is 0 Å². The van der Waals surface area contributed by atoms with Crippen molar-refractivity contribution in [3.8, 4) is 0 Å².